The summed E-state index contributed by atoms with van der Waals surface area (Å²) in [6, 6.07) is 5.24. The molecule has 2 rings (SSSR count). The van der Waals surface area contributed by atoms with E-state index in [1.54, 1.807) is 39.8 Å². The van der Waals surface area contributed by atoms with Crippen LogP contribution in [0.15, 0.2) is 24.3 Å². The molecule has 0 aliphatic carbocycles. The molecule has 2 unspecified atom stereocenters. The molecule has 1 heterocycles. The number of nitrogens with one attached hydrogen (secondary N) is 1. The molecule has 1 aliphatic heterocycles. The molecule has 0 bridgehead atoms. The second-order valence-electron chi connectivity index (χ2n) is 7.12. The van der Waals surface area contributed by atoms with Gasteiger partial charge in [0, 0.05) is 6.54 Å². The highest BCUT2D eigenvalue weighted by molar-refractivity contribution is 5.86. The molecular weight excluding hydrogens is 311 g/mol. The van der Waals surface area contributed by atoms with Crippen LogP contribution in [0, 0.1) is 5.82 Å². The summed E-state index contributed by atoms with van der Waals surface area (Å²) in [4.78, 5) is 26.3. The predicted molar refractivity (Wildman–Crippen MR) is 88.9 cm³/mol. The molecule has 5 nitrogen and oxygen atoms in total. The van der Waals surface area contributed by atoms with Crippen molar-refractivity contribution in [3.8, 4) is 0 Å². The third-order valence-electron chi connectivity index (χ3n) is 3.89. The summed E-state index contributed by atoms with van der Waals surface area (Å²) < 4.78 is 18.7. The largest absolute Gasteiger partial charge is 0.444 e. The van der Waals surface area contributed by atoms with Crippen LogP contribution in [0.3, 0.4) is 0 Å². The first-order valence-electron chi connectivity index (χ1n) is 8.23. The monoisotopic (exact) mass is 336 g/mol. The zero-order valence-electron chi connectivity index (χ0n) is 14.6. The number of benzene rings is 1. The fourth-order valence-electron chi connectivity index (χ4n) is 2.75. The number of hydrogen-bond acceptors (Lipinski definition) is 3. The molecule has 0 spiro atoms. The normalized spacial score (nSPS) is 19.0. The van der Waals surface area contributed by atoms with Crippen molar-refractivity contribution in [3.63, 3.8) is 0 Å². The summed E-state index contributed by atoms with van der Waals surface area (Å²) in [5, 5.41) is 2.86. The minimum Gasteiger partial charge on any atom is -0.444 e. The van der Waals surface area contributed by atoms with E-state index >= 15 is 0 Å². The smallest absolute Gasteiger partial charge is 0.410 e. The number of hydrogen-bond donors (Lipinski definition) is 1. The molecular formula is C18H25FN2O3. The predicted octanol–water partition coefficient (Wildman–Crippen LogP) is 3.40. The van der Waals surface area contributed by atoms with E-state index in [0.29, 0.717) is 18.5 Å². The third kappa shape index (κ3) is 4.69. The summed E-state index contributed by atoms with van der Waals surface area (Å²) in [5.41, 5.74) is 0.0837. The number of ether oxygens (including phenoxy) is 1. The van der Waals surface area contributed by atoms with Gasteiger partial charge in [-0.3, -0.25) is 9.69 Å². The SMILES string of the molecule is CC(NC(=O)C1CCCN1C(=O)OC(C)(C)C)c1cccc(F)c1. The lowest BCUT2D eigenvalue weighted by molar-refractivity contribution is -0.126. The van der Waals surface area contributed by atoms with Gasteiger partial charge in [0.05, 0.1) is 6.04 Å². The zero-order valence-corrected chi connectivity index (χ0v) is 14.6. The molecule has 0 saturated carbocycles. The van der Waals surface area contributed by atoms with Crippen LogP contribution >= 0.6 is 0 Å². The number of rotatable bonds is 3. The minimum absolute atomic E-state index is 0.241. The van der Waals surface area contributed by atoms with Gasteiger partial charge in [0.2, 0.25) is 5.91 Å². The summed E-state index contributed by atoms with van der Waals surface area (Å²) in [7, 11) is 0. The van der Waals surface area contributed by atoms with Crippen molar-refractivity contribution in [2.75, 3.05) is 6.54 Å². The van der Waals surface area contributed by atoms with Crippen LogP contribution in [-0.4, -0.2) is 35.1 Å². The van der Waals surface area contributed by atoms with Crippen molar-refractivity contribution < 1.29 is 18.7 Å². The molecule has 0 aromatic heterocycles. The average molecular weight is 336 g/mol. The first-order valence-corrected chi connectivity index (χ1v) is 8.23. The van der Waals surface area contributed by atoms with Crippen LogP contribution in [0.4, 0.5) is 9.18 Å². The maximum absolute atomic E-state index is 13.3. The molecule has 0 radical (unpaired) electrons. The zero-order chi connectivity index (χ0) is 17.9. The Balaban J connectivity index is 2.01. The van der Waals surface area contributed by atoms with E-state index in [9.17, 15) is 14.0 Å². The number of carbonyl (C=O) groups is 2. The standard InChI is InChI=1S/C18H25FN2O3/c1-12(13-7-5-8-14(19)11-13)20-16(22)15-9-6-10-21(15)17(23)24-18(2,3)4/h5,7-8,11-12,15H,6,9-10H2,1-4H3,(H,20,22). The van der Waals surface area contributed by atoms with Crippen molar-refractivity contribution in [1.29, 1.82) is 0 Å². The summed E-state index contributed by atoms with van der Waals surface area (Å²) in [6.45, 7) is 7.67. The highest BCUT2D eigenvalue weighted by Crippen LogP contribution is 2.22. The van der Waals surface area contributed by atoms with E-state index < -0.39 is 17.7 Å². The molecule has 6 heteroatoms. The van der Waals surface area contributed by atoms with Crippen molar-refractivity contribution in [2.24, 2.45) is 0 Å². The van der Waals surface area contributed by atoms with Crippen LogP contribution in [0.5, 0.6) is 0 Å². The first kappa shape index (κ1) is 18.2. The Bertz CT molecular complexity index is 613. The number of nitrogens with zero attached hydrogens (tertiary/aromatic N) is 1. The lowest BCUT2D eigenvalue weighted by Gasteiger charge is -2.28. The average Bonchev–Trinajstić information content (AvgIpc) is 2.95. The van der Waals surface area contributed by atoms with Crippen LogP contribution in [0.25, 0.3) is 0 Å². The van der Waals surface area contributed by atoms with Gasteiger partial charge >= 0.3 is 6.09 Å². The van der Waals surface area contributed by atoms with Gasteiger partial charge in [0.1, 0.15) is 17.5 Å². The molecule has 132 valence electrons. The maximum Gasteiger partial charge on any atom is 0.410 e. The molecule has 24 heavy (non-hydrogen) atoms. The lowest BCUT2D eigenvalue weighted by Crippen LogP contribution is -2.48. The van der Waals surface area contributed by atoms with E-state index in [1.807, 2.05) is 0 Å². The van der Waals surface area contributed by atoms with Gasteiger partial charge in [-0.05, 0) is 58.2 Å². The van der Waals surface area contributed by atoms with Crippen molar-refractivity contribution in [3.05, 3.63) is 35.6 Å². The van der Waals surface area contributed by atoms with Gasteiger partial charge in [0.15, 0.2) is 0 Å². The molecule has 1 aromatic rings. The number of carbonyl (C=O) groups excluding carboxylic acids is 2. The van der Waals surface area contributed by atoms with Crippen LogP contribution in [-0.2, 0) is 9.53 Å². The van der Waals surface area contributed by atoms with Crippen LogP contribution < -0.4 is 5.32 Å². The second-order valence-corrected chi connectivity index (χ2v) is 7.12. The Morgan fingerprint density at radius 1 is 1.38 bits per heavy atom. The lowest BCUT2D eigenvalue weighted by atomic mass is 10.1. The summed E-state index contributed by atoms with van der Waals surface area (Å²) in [6.07, 6.45) is 0.880. The van der Waals surface area contributed by atoms with E-state index in [0.717, 1.165) is 6.42 Å². The van der Waals surface area contributed by atoms with E-state index in [-0.39, 0.29) is 17.8 Å². The summed E-state index contributed by atoms with van der Waals surface area (Å²) in [5.74, 6) is -0.583. The van der Waals surface area contributed by atoms with Gasteiger partial charge in [-0.15, -0.1) is 0 Å². The maximum atomic E-state index is 13.3. The van der Waals surface area contributed by atoms with Gasteiger partial charge in [-0.2, -0.15) is 0 Å². The topological polar surface area (TPSA) is 58.6 Å². The Labute approximate surface area is 142 Å². The van der Waals surface area contributed by atoms with Gasteiger partial charge in [-0.25, -0.2) is 9.18 Å². The van der Waals surface area contributed by atoms with Gasteiger partial charge in [-0.1, -0.05) is 12.1 Å². The first-order chi connectivity index (χ1) is 11.2. The summed E-state index contributed by atoms with van der Waals surface area (Å²) >= 11 is 0. The number of amides is 2. The Hall–Kier alpha value is -2.11. The highest BCUT2D eigenvalue weighted by atomic mass is 19.1. The number of likely N-dealkylation sites (tertiary alicyclic amines) is 1. The Morgan fingerprint density at radius 3 is 2.71 bits per heavy atom. The van der Waals surface area contributed by atoms with Gasteiger partial charge < -0.3 is 10.1 Å². The van der Waals surface area contributed by atoms with Crippen LogP contribution in [0.1, 0.15) is 52.1 Å². The second kappa shape index (κ2) is 7.20. The molecule has 2 amide bonds. The van der Waals surface area contributed by atoms with E-state index in [2.05, 4.69) is 5.32 Å². The fraction of sp³-hybridized carbons (Fsp3) is 0.556. The van der Waals surface area contributed by atoms with Crippen molar-refractivity contribution >= 4 is 12.0 Å². The quantitative estimate of drug-likeness (QED) is 0.920. The molecule has 2 atom stereocenters. The van der Waals surface area contributed by atoms with Crippen molar-refractivity contribution in [1.82, 2.24) is 10.2 Å². The molecule has 1 saturated heterocycles. The molecule has 1 N–H and O–H groups in total. The molecule has 1 aliphatic rings. The Morgan fingerprint density at radius 2 is 2.08 bits per heavy atom. The highest BCUT2D eigenvalue weighted by Gasteiger charge is 2.36. The Kier molecular flexibility index (Phi) is 5.47. The molecule has 1 fully saturated rings. The third-order valence-corrected chi connectivity index (χ3v) is 3.89. The number of halogens is 1. The van der Waals surface area contributed by atoms with Crippen molar-refractivity contribution in [2.45, 2.75) is 58.2 Å². The van der Waals surface area contributed by atoms with Gasteiger partial charge in [0.25, 0.3) is 0 Å². The van der Waals surface area contributed by atoms with E-state index in [4.69, 9.17) is 4.74 Å². The molecule has 1 aromatic carbocycles. The minimum atomic E-state index is -0.602. The fourth-order valence-corrected chi connectivity index (χ4v) is 2.75. The van der Waals surface area contributed by atoms with Crippen LogP contribution in [0.2, 0.25) is 0 Å². The van der Waals surface area contributed by atoms with E-state index in [1.165, 1.54) is 17.0 Å².